The summed E-state index contributed by atoms with van der Waals surface area (Å²) in [5.74, 6) is 0.791. The SMILES string of the molecule is CCOc1ccc(N/C=C/C(=O)c2ccc(Br)cc2)cc1. The van der Waals surface area contributed by atoms with Gasteiger partial charge >= 0.3 is 0 Å². The van der Waals surface area contributed by atoms with E-state index in [9.17, 15) is 4.79 Å². The van der Waals surface area contributed by atoms with Crippen LogP contribution in [0, 0.1) is 0 Å². The number of hydrogen-bond donors (Lipinski definition) is 1. The van der Waals surface area contributed by atoms with Gasteiger partial charge in [0, 0.05) is 28.0 Å². The minimum atomic E-state index is -0.0408. The van der Waals surface area contributed by atoms with Gasteiger partial charge in [0.2, 0.25) is 0 Å². The number of hydrogen-bond acceptors (Lipinski definition) is 3. The highest BCUT2D eigenvalue weighted by atomic mass is 79.9. The molecule has 0 radical (unpaired) electrons. The van der Waals surface area contributed by atoms with Crippen LogP contribution in [0.1, 0.15) is 17.3 Å². The zero-order valence-electron chi connectivity index (χ0n) is 11.7. The van der Waals surface area contributed by atoms with Gasteiger partial charge in [-0.2, -0.15) is 0 Å². The van der Waals surface area contributed by atoms with Crippen molar-refractivity contribution in [2.24, 2.45) is 0 Å². The zero-order valence-corrected chi connectivity index (χ0v) is 13.3. The molecule has 0 saturated carbocycles. The predicted octanol–water partition coefficient (Wildman–Crippen LogP) is 4.66. The van der Waals surface area contributed by atoms with Gasteiger partial charge in [-0.1, -0.05) is 15.9 Å². The smallest absolute Gasteiger partial charge is 0.187 e. The number of rotatable bonds is 6. The summed E-state index contributed by atoms with van der Waals surface area (Å²) in [5, 5.41) is 3.06. The van der Waals surface area contributed by atoms with E-state index in [0.29, 0.717) is 12.2 Å². The lowest BCUT2D eigenvalue weighted by molar-refractivity contribution is 0.104. The summed E-state index contributed by atoms with van der Waals surface area (Å²) < 4.78 is 6.32. The second-order valence-electron chi connectivity index (χ2n) is 4.31. The Balaban J connectivity index is 1.92. The maximum Gasteiger partial charge on any atom is 0.187 e. The average Bonchev–Trinajstić information content (AvgIpc) is 2.50. The summed E-state index contributed by atoms with van der Waals surface area (Å²) in [6.07, 6.45) is 3.15. The Morgan fingerprint density at radius 3 is 2.43 bits per heavy atom. The molecule has 2 aromatic rings. The quantitative estimate of drug-likeness (QED) is 0.611. The number of ketones is 1. The molecular weight excluding hydrogens is 330 g/mol. The van der Waals surface area contributed by atoms with Crippen molar-refractivity contribution in [1.82, 2.24) is 0 Å². The Hall–Kier alpha value is -2.07. The maximum absolute atomic E-state index is 11.9. The molecule has 1 N–H and O–H groups in total. The van der Waals surface area contributed by atoms with Gasteiger partial charge in [0.15, 0.2) is 5.78 Å². The van der Waals surface area contributed by atoms with E-state index in [-0.39, 0.29) is 5.78 Å². The van der Waals surface area contributed by atoms with Crippen molar-refractivity contribution in [2.75, 3.05) is 11.9 Å². The Bertz CT molecular complexity index is 618. The summed E-state index contributed by atoms with van der Waals surface area (Å²) in [7, 11) is 0. The summed E-state index contributed by atoms with van der Waals surface area (Å²) in [6.45, 7) is 2.59. The van der Waals surface area contributed by atoms with Gasteiger partial charge in [-0.25, -0.2) is 0 Å². The average molecular weight is 346 g/mol. The number of ether oxygens (including phenoxy) is 1. The van der Waals surface area contributed by atoms with Crippen molar-refractivity contribution in [3.8, 4) is 5.75 Å². The van der Waals surface area contributed by atoms with Crippen LogP contribution in [0.4, 0.5) is 5.69 Å². The van der Waals surface area contributed by atoms with E-state index < -0.39 is 0 Å². The lowest BCUT2D eigenvalue weighted by atomic mass is 10.1. The topological polar surface area (TPSA) is 38.3 Å². The van der Waals surface area contributed by atoms with E-state index in [1.54, 1.807) is 18.3 Å². The molecule has 4 heteroatoms. The monoisotopic (exact) mass is 345 g/mol. The van der Waals surface area contributed by atoms with Crippen LogP contribution in [0.25, 0.3) is 0 Å². The van der Waals surface area contributed by atoms with Gasteiger partial charge in [-0.05, 0) is 55.5 Å². The van der Waals surface area contributed by atoms with Crippen molar-refractivity contribution in [2.45, 2.75) is 6.92 Å². The Labute approximate surface area is 132 Å². The van der Waals surface area contributed by atoms with Crippen molar-refractivity contribution < 1.29 is 9.53 Å². The highest BCUT2D eigenvalue weighted by Crippen LogP contribution is 2.15. The van der Waals surface area contributed by atoms with Gasteiger partial charge in [-0.3, -0.25) is 4.79 Å². The van der Waals surface area contributed by atoms with Crippen molar-refractivity contribution in [3.05, 3.63) is 70.8 Å². The summed E-state index contributed by atoms with van der Waals surface area (Å²) in [4.78, 5) is 11.9. The molecule has 0 unspecified atom stereocenters. The largest absolute Gasteiger partial charge is 0.494 e. The molecule has 0 bridgehead atoms. The predicted molar refractivity (Wildman–Crippen MR) is 88.8 cm³/mol. The van der Waals surface area contributed by atoms with Crippen molar-refractivity contribution in [1.29, 1.82) is 0 Å². The lowest BCUT2D eigenvalue weighted by Crippen LogP contribution is -1.96. The first-order valence-corrected chi connectivity index (χ1v) is 7.44. The molecule has 0 heterocycles. The van der Waals surface area contributed by atoms with Crippen LogP contribution < -0.4 is 10.1 Å². The number of anilines is 1. The first-order chi connectivity index (χ1) is 10.2. The third-order valence-corrected chi connectivity index (χ3v) is 3.31. The molecular formula is C17H16BrNO2. The number of halogens is 1. The molecule has 3 nitrogen and oxygen atoms in total. The van der Waals surface area contributed by atoms with E-state index in [2.05, 4.69) is 21.2 Å². The second-order valence-corrected chi connectivity index (χ2v) is 5.22. The van der Waals surface area contributed by atoms with Gasteiger partial charge in [0.05, 0.1) is 6.61 Å². The van der Waals surface area contributed by atoms with Crippen LogP contribution in [0.2, 0.25) is 0 Å². The number of carbonyl (C=O) groups excluding carboxylic acids is 1. The Kier molecular flexibility index (Phi) is 5.58. The van der Waals surface area contributed by atoms with Crippen molar-refractivity contribution in [3.63, 3.8) is 0 Å². The third-order valence-electron chi connectivity index (χ3n) is 2.78. The van der Waals surface area contributed by atoms with E-state index in [1.807, 2.05) is 43.3 Å². The molecule has 0 aliphatic rings. The molecule has 0 saturated heterocycles. The molecule has 21 heavy (non-hydrogen) atoms. The number of nitrogens with one attached hydrogen (secondary N) is 1. The highest BCUT2D eigenvalue weighted by molar-refractivity contribution is 9.10. The second kappa shape index (κ2) is 7.64. The molecule has 2 rings (SSSR count). The fourth-order valence-electron chi connectivity index (χ4n) is 1.74. The Morgan fingerprint density at radius 2 is 1.81 bits per heavy atom. The molecule has 2 aromatic carbocycles. The molecule has 0 aliphatic heterocycles. The maximum atomic E-state index is 11.9. The summed E-state index contributed by atoms with van der Waals surface area (Å²) in [6, 6.07) is 14.8. The van der Waals surface area contributed by atoms with Gasteiger partial charge < -0.3 is 10.1 Å². The fraction of sp³-hybridized carbons (Fsp3) is 0.118. The first-order valence-electron chi connectivity index (χ1n) is 6.65. The first kappa shape index (κ1) is 15.3. The summed E-state index contributed by atoms with van der Waals surface area (Å²) >= 11 is 3.34. The van der Waals surface area contributed by atoms with E-state index in [4.69, 9.17) is 4.74 Å². The van der Waals surface area contributed by atoms with E-state index in [0.717, 1.165) is 15.9 Å². The van der Waals surface area contributed by atoms with Crippen LogP contribution in [0.3, 0.4) is 0 Å². The normalized spacial score (nSPS) is 10.6. The molecule has 0 aromatic heterocycles. The summed E-state index contributed by atoms with van der Waals surface area (Å²) in [5.41, 5.74) is 1.56. The fourth-order valence-corrected chi connectivity index (χ4v) is 2.00. The van der Waals surface area contributed by atoms with E-state index in [1.165, 1.54) is 6.08 Å². The number of allylic oxidation sites excluding steroid dienone is 1. The van der Waals surface area contributed by atoms with Crippen LogP contribution >= 0.6 is 15.9 Å². The van der Waals surface area contributed by atoms with Crippen molar-refractivity contribution >= 4 is 27.4 Å². The molecule has 108 valence electrons. The molecule has 0 fully saturated rings. The van der Waals surface area contributed by atoms with Gasteiger partial charge in [0.25, 0.3) is 0 Å². The van der Waals surface area contributed by atoms with E-state index >= 15 is 0 Å². The standard InChI is InChI=1S/C17H16BrNO2/c1-2-21-16-9-7-15(8-10-16)19-12-11-17(20)13-3-5-14(18)6-4-13/h3-12,19H,2H2,1H3/b12-11+. The van der Waals surface area contributed by atoms with Crippen LogP contribution in [-0.2, 0) is 0 Å². The molecule has 0 aliphatic carbocycles. The van der Waals surface area contributed by atoms with Crippen LogP contribution in [0.15, 0.2) is 65.3 Å². The molecule has 0 amide bonds. The Morgan fingerprint density at radius 1 is 1.14 bits per heavy atom. The lowest BCUT2D eigenvalue weighted by Gasteiger charge is -2.04. The molecule has 0 spiro atoms. The third kappa shape index (κ3) is 4.76. The zero-order chi connectivity index (χ0) is 15.1. The minimum Gasteiger partial charge on any atom is -0.494 e. The van der Waals surface area contributed by atoms with Gasteiger partial charge in [-0.15, -0.1) is 0 Å². The van der Waals surface area contributed by atoms with Crippen LogP contribution in [-0.4, -0.2) is 12.4 Å². The van der Waals surface area contributed by atoms with Crippen LogP contribution in [0.5, 0.6) is 5.75 Å². The number of carbonyl (C=O) groups is 1. The minimum absolute atomic E-state index is 0.0408. The van der Waals surface area contributed by atoms with Gasteiger partial charge in [0.1, 0.15) is 5.75 Å². The number of benzene rings is 2. The molecule has 0 atom stereocenters. The highest BCUT2D eigenvalue weighted by Gasteiger charge is 2.00.